The minimum Gasteiger partial charge on any atom is -0.387 e. The van der Waals surface area contributed by atoms with E-state index in [4.69, 9.17) is 0 Å². The minimum atomic E-state index is -0.419. The highest BCUT2D eigenvalue weighted by molar-refractivity contribution is 5.25. The molecule has 1 aromatic carbocycles. The Morgan fingerprint density at radius 1 is 1.40 bits per heavy atom. The number of benzene rings is 1. The van der Waals surface area contributed by atoms with Gasteiger partial charge in [-0.25, -0.2) is 0 Å². The van der Waals surface area contributed by atoms with Crippen LogP contribution in [0.4, 0.5) is 0 Å². The number of aliphatic hydroxyl groups is 1. The Morgan fingerprint density at radius 2 is 2.13 bits per heavy atom. The van der Waals surface area contributed by atoms with Crippen LogP contribution >= 0.6 is 0 Å². The molecule has 0 aromatic heterocycles. The van der Waals surface area contributed by atoms with Gasteiger partial charge in [0.05, 0.1) is 6.10 Å². The van der Waals surface area contributed by atoms with Crippen molar-refractivity contribution in [2.75, 3.05) is 27.7 Å². The van der Waals surface area contributed by atoms with Crippen LogP contribution in [-0.4, -0.2) is 37.7 Å². The first-order chi connectivity index (χ1) is 7.13. The van der Waals surface area contributed by atoms with E-state index in [-0.39, 0.29) is 0 Å². The molecule has 0 saturated carbocycles. The predicted octanol–water partition coefficient (Wildman–Crippen LogP) is 1.00. The summed E-state index contributed by atoms with van der Waals surface area (Å²) in [5.41, 5.74) is 2.20. The van der Waals surface area contributed by atoms with E-state index < -0.39 is 6.10 Å². The maximum atomic E-state index is 9.80. The predicted molar refractivity (Wildman–Crippen MR) is 62.7 cm³/mol. The number of nitrogens with one attached hydrogen (secondary N) is 1. The Morgan fingerprint density at radius 3 is 2.73 bits per heavy atom. The molecule has 0 bridgehead atoms. The molecule has 15 heavy (non-hydrogen) atoms. The third-order valence-electron chi connectivity index (χ3n) is 2.23. The quantitative estimate of drug-likeness (QED) is 0.758. The lowest BCUT2D eigenvalue weighted by Crippen LogP contribution is -2.17. The smallest absolute Gasteiger partial charge is 0.0914 e. The first-order valence-corrected chi connectivity index (χ1v) is 5.19. The zero-order valence-electron chi connectivity index (χ0n) is 9.70. The third-order valence-corrected chi connectivity index (χ3v) is 2.23. The first-order valence-electron chi connectivity index (χ1n) is 5.19. The van der Waals surface area contributed by atoms with Crippen LogP contribution in [0, 0.1) is 0 Å². The molecular weight excluding hydrogens is 188 g/mol. The van der Waals surface area contributed by atoms with Crippen molar-refractivity contribution in [1.29, 1.82) is 0 Å². The van der Waals surface area contributed by atoms with Crippen molar-refractivity contribution in [3.05, 3.63) is 35.4 Å². The van der Waals surface area contributed by atoms with Crippen molar-refractivity contribution >= 4 is 0 Å². The van der Waals surface area contributed by atoms with E-state index in [0.717, 1.165) is 12.1 Å². The second kappa shape index (κ2) is 5.85. The largest absolute Gasteiger partial charge is 0.387 e. The number of hydrogen-bond donors (Lipinski definition) is 2. The number of likely N-dealkylation sites (N-methyl/N-ethyl adjacent to an activating group) is 1. The fourth-order valence-electron chi connectivity index (χ4n) is 1.58. The van der Waals surface area contributed by atoms with Crippen LogP contribution in [0.5, 0.6) is 0 Å². The van der Waals surface area contributed by atoms with Gasteiger partial charge in [0, 0.05) is 13.1 Å². The fourth-order valence-corrected chi connectivity index (χ4v) is 1.58. The van der Waals surface area contributed by atoms with E-state index >= 15 is 0 Å². The summed E-state index contributed by atoms with van der Waals surface area (Å²) in [5, 5.41) is 12.8. The molecule has 3 heteroatoms. The molecule has 0 saturated heterocycles. The van der Waals surface area contributed by atoms with Crippen molar-refractivity contribution in [2.45, 2.75) is 12.6 Å². The van der Waals surface area contributed by atoms with E-state index in [1.165, 1.54) is 5.56 Å². The van der Waals surface area contributed by atoms with Crippen molar-refractivity contribution in [3.8, 4) is 0 Å². The molecule has 0 aliphatic rings. The summed E-state index contributed by atoms with van der Waals surface area (Å²) in [6, 6.07) is 8.09. The molecule has 0 radical (unpaired) electrons. The Bertz CT molecular complexity index is 299. The Balaban J connectivity index is 2.73. The molecule has 1 atom stereocenters. The molecule has 1 aromatic rings. The van der Waals surface area contributed by atoms with Gasteiger partial charge in [-0.1, -0.05) is 24.3 Å². The summed E-state index contributed by atoms with van der Waals surface area (Å²) in [5.74, 6) is 0. The van der Waals surface area contributed by atoms with Crippen molar-refractivity contribution in [2.24, 2.45) is 0 Å². The van der Waals surface area contributed by atoms with E-state index in [2.05, 4.69) is 22.3 Å². The van der Waals surface area contributed by atoms with Gasteiger partial charge < -0.3 is 15.3 Å². The summed E-state index contributed by atoms with van der Waals surface area (Å²) in [7, 11) is 5.92. The van der Waals surface area contributed by atoms with Gasteiger partial charge in [-0.15, -0.1) is 0 Å². The molecule has 1 unspecified atom stereocenters. The topological polar surface area (TPSA) is 35.5 Å². The number of nitrogens with zero attached hydrogens (tertiary/aromatic N) is 1. The summed E-state index contributed by atoms with van der Waals surface area (Å²) < 4.78 is 0. The summed E-state index contributed by atoms with van der Waals surface area (Å²) in [4.78, 5) is 2.11. The van der Waals surface area contributed by atoms with E-state index in [9.17, 15) is 5.11 Å². The van der Waals surface area contributed by atoms with Crippen LogP contribution in [-0.2, 0) is 6.54 Å². The molecule has 0 aliphatic carbocycles. The van der Waals surface area contributed by atoms with Crippen molar-refractivity contribution in [1.82, 2.24) is 10.2 Å². The molecule has 0 spiro atoms. The van der Waals surface area contributed by atoms with Crippen molar-refractivity contribution in [3.63, 3.8) is 0 Å². The Labute approximate surface area is 91.7 Å². The maximum absolute atomic E-state index is 9.80. The van der Waals surface area contributed by atoms with E-state index in [1.54, 1.807) is 0 Å². The van der Waals surface area contributed by atoms with Gasteiger partial charge in [0.15, 0.2) is 0 Å². The fraction of sp³-hybridized carbons (Fsp3) is 0.500. The lowest BCUT2D eigenvalue weighted by Gasteiger charge is -2.14. The van der Waals surface area contributed by atoms with Gasteiger partial charge in [0.1, 0.15) is 0 Å². The molecule has 0 heterocycles. The lowest BCUT2D eigenvalue weighted by atomic mass is 10.1. The van der Waals surface area contributed by atoms with E-state index in [0.29, 0.717) is 6.54 Å². The molecule has 1 rings (SSSR count). The number of aliphatic hydroxyl groups excluding tert-OH is 1. The Kier molecular flexibility index (Phi) is 4.75. The highest BCUT2D eigenvalue weighted by atomic mass is 16.3. The number of rotatable bonds is 5. The molecule has 3 nitrogen and oxygen atoms in total. The molecule has 0 amide bonds. The molecule has 84 valence electrons. The summed E-state index contributed by atoms with van der Waals surface area (Å²) >= 11 is 0. The molecule has 2 N–H and O–H groups in total. The van der Waals surface area contributed by atoms with Crippen LogP contribution in [0.25, 0.3) is 0 Å². The second-order valence-electron chi connectivity index (χ2n) is 4.06. The molecule has 0 aliphatic heterocycles. The highest BCUT2D eigenvalue weighted by Crippen LogP contribution is 2.14. The van der Waals surface area contributed by atoms with Gasteiger partial charge in [-0.2, -0.15) is 0 Å². The zero-order chi connectivity index (χ0) is 11.3. The van der Waals surface area contributed by atoms with Crippen LogP contribution in [0.1, 0.15) is 17.2 Å². The zero-order valence-corrected chi connectivity index (χ0v) is 9.70. The molecule has 0 fully saturated rings. The SMILES string of the molecule is CNCC(O)c1cccc(CN(C)C)c1. The minimum absolute atomic E-state index is 0.419. The van der Waals surface area contributed by atoms with Crippen LogP contribution in [0.15, 0.2) is 24.3 Å². The number of hydrogen-bond acceptors (Lipinski definition) is 3. The average Bonchev–Trinajstić information content (AvgIpc) is 2.17. The van der Waals surface area contributed by atoms with Gasteiger partial charge in [-0.3, -0.25) is 0 Å². The third kappa shape index (κ3) is 4.00. The van der Waals surface area contributed by atoms with Gasteiger partial charge in [0.2, 0.25) is 0 Å². The average molecular weight is 208 g/mol. The summed E-state index contributed by atoms with van der Waals surface area (Å²) in [6.45, 7) is 1.49. The van der Waals surface area contributed by atoms with Crippen molar-refractivity contribution < 1.29 is 5.11 Å². The lowest BCUT2D eigenvalue weighted by molar-refractivity contribution is 0.177. The monoisotopic (exact) mass is 208 g/mol. The highest BCUT2D eigenvalue weighted by Gasteiger charge is 2.06. The maximum Gasteiger partial charge on any atom is 0.0914 e. The standard InChI is InChI=1S/C12H20N2O/c1-13-8-12(15)11-6-4-5-10(7-11)9-14(2)3/h4-7,12-13,15H,8-9H2,1-3H3. The van der Waals surface area contributed by atoms with Gasteiger partial charge >= 0.3 is 0 Å². The first kappa shape index (κ1) is 12.2. The second-order valence-corrected chi connectivity index (χ2v) is 4.06. The summed E-state index contributed by atoms with van der Waals surface area (Å²) in [6.07, 6.45) is -0.419. The van der Waals surface area contributed by atoms with Crippen LogP contribution in [0.3, 0.4) is 0 Å². The molecular formula is C12H20N2O. The van der Waals surface area contributed by atoms with E-state index in [1.807, 2.05) is 33.3 Å². The Hall–Kier alpha value is -0.900. The van der Waals surface area contributed by atoms with Gasteiger partial charge in [-0.05, 0) is 32.3 Å². The van der Waals surface area contributed by atoms with Crippen LogP contribution < -0.4 is 5.32 Å². The normalized spacial score (nSPS) is 13.1. The van der Waals surface area contributed by atoms with Gasteiger partial charge in [0.25, 0.3) is 0 Å². The van der Waals surface area contributed by atoms with Crippen LogP contribution in [0.2, 0.25) is 0 Å².